The van der Waals surface area contributed by atoms with Crippen LogP contribution in [0.1, 0.15) is 12.0 Å². The average Bonchev–Trinajstić information content (AvgIpc) is 2.66. The van der Waals surface area contributed by atoms with Crippen LogP contribution in [0.3, 0.4) is 0 Å². The van der Waals surface area contributed by atoms with Gasteiger partial charge in [0.15, 0.2) is 0 Å². The summed E-state index contributed by atoms with van der Waals surface area (Å²) in [4.78, 5) is 11.3. The fourth-order valence-corrected chi connectivity index (χ4v) is 1.77. The van der Waals surface area contributed by atoms with Gasteiger partial charge in [-0.2, -0.15) is 0 Å². The maximum atomic E-state index is 11.3. The van der Waals surface area contributed by atoms with Crippen molar-refractivity contribution >= 4 is 5.97 Å². The molecule has 1 heterocycles. The molecular formula is C12H14O3. The standard InChI is InChI=1S/C12H14O3/c1-14-11-4-2-9(3-5-11)8-10-6-7-15-12(10)13/h2-5,10H,6-8H2,1H3/t10-/m0/s1. The summed E-state index contributed by atoms with van der Waals surface area (Å²) in [5.74, 6) is 0.817. The minimum atomic E-state index is -0.0641. The molecule has 1 aromatic rings. The highest BCUT2D eigenvalue weighted by Gasteiger charge is 2.26. The van der Waals surface area contributed by atoms with E-state index in [4.69, 9.17) is 9.47 Å². The van der Waals surface area contributed by atoms with Crippen molar-refractivity contribution in [2.24, 2.45) is 5.92 Å². The van der Waals surface area contributed by atoms with E-state index >= 15 is 0 Å². The van der Waals surface area contributed by atoms with Crippen LogP contribution >= 0.6 is 0 Å². The average molecular weight is 206 g/mol. The van der Waals surface area contributed by atoms with Crippen LogP contribution in [0.15, 0.2) is 24.3 Å². The predicted octanol–water partition coefficient (Wildman–Crippen LogP) is 1.80. The van der Waals surface area contributed by atoms with E-state index in [1.807, 2.05) is 24.3 Å². The van der Waals surface area contributed by atoms with Gasteiger partial charge in [0, 0.05) is 0 Å². The zero-order valence-electron chi connectivity index (χ0n) is 8.73. The summed E-state index contributed by atoms with van der Waals surface area (Å²) in [5, 5.41) is 0. The number of esters is 1. The minimum absolute atomic E-state index is 0.0402. The fraction of sp³-hybridized carbons (Fsp3) is 0.417. The number of benzene rings is 1. The van der Waals surface area contributed by atoms with Crippen LogP contribution in [0.25, 0.3) is 0 Å². The lowest BCUT2D eigenvalue weighted by molar-refractivity contribution is -0.141. The van der Waals surface area contributed by atoms with E-state index in [2.05, 4.69) is 0 Å². The Balaban J connectivity index is 2.01. The van der Waals surface area contributed by atoms with Crippen LogP contribution in [0.4, 0.5) is 0 Å². The molecule has 0 unspecified atom stereocenters. The van der Waals surface area contributed by atoms with Gasteiger partial charge < -0.3 is 9.47 Å². The van der Waals surface area contributed by atoms with E-state index in [-0.39, 0.29) is 11.9 Å². The predicted molar refractivity (Wildman–Crippen MR) is 55.8 cm³/mol. The zero-order valence-corrected chi connectivity index (χ0v) is 8.73. The first kappa shape index (κ1) is 10.0. The van der Waals surface area contributed by atoms with Crippen molar-refractivity contribution in [3.05, 3.63) is 29.8 Å². The quantitative estimate of drug-likeness (QED) is 0.707. The lowest BCUT2D eigenvalue weighted by atomic mass is 9.98. The second-order valence-electron chi connectivity index (χ2n) is 3.71. The highest BCUT2D eigenvalue weighted by molar-refractivity contribution is 5.74. The lowest BCUT2D eigenvalue weighted by Crippen LogP contribution is -2.10. The first-order valence-corrected chi connectivity index (χ1v) is 5.09. The highest BCUT2D eigenvalue weighted by atomic mass is 16.5. The molecule has 1 saturated heterocycles. The van der Waals surface area contributed by atoms with Gasteiger partial charge >= 0.3 is 5.97 Å². The lowest BCUT2D eigenvalue weighted by Gasteiger charge is -2.06. The summed E-state index contributed by atoms with van der Waals surface area (Å²) in [7, 11) is 1.64. The van der Waals surface area contributed by atoms with Crippen molar-refractivity contribution in [3.63, 3.8) is 0 Å². The van der Waals surface area contributed by atoms with Crippen LogP contribution in [0, 0.1) is 5.92 Å². The number of methoxy groups -OCH3 is 1. The molecule has 0 aromatic heterocycles. The van der Waals surface area contributed by atoms with E-state index in [9.17, 15) is 4.79 Å². The first-order chi connectivity index (χ1) is 7.29. The Morgan fingerprint density at radius 3 is 2.67 bits per heavy atom. The summed E-state index contributed by atoms with van der Waals surface area (Å²) >= 11 is 0. The Labute approximate surface area is 89.0 Å². The molecule has 1 aliphatic heterocycles. The molecule has 0 bridgehead atoms. The molecule has 1 aliphatic rings. The molecule has 80 valence electrons. The Bertz CT molecular complexity index is 342. The maximum absolute atomic E-state index is 11.3. The Kier molecular flexibility index (Phi) is 2.90. The van der Waals surface area contributed by atoms with Gasteiger partial charge in [-0.3, -0.25) is 4.79 Å². The van der Waals surface area contributed by atoms with Gasteiger partial charge in [-0.1, -0.05) is 12.1 Å². The number of carbonyl (C=O) groups is 1. The van der Waals surface area contributed by atoms with E-state index in [1.165, 1.54) is 0 Å². The van der Waals surface area contributed by atoms with Gasteiger partial charge in [0.2, 0.25) is 0 Å². The number of hydrogen-bond acceptors (Lipinski definition) is 3. The van der Waals surface area contributed by atoms with Gasteiger partial charge in [0.05, 0.1) is 19.6 Å². The molecule has 0 saturated carbocycles. The summed E-state index contributed by atoms with van der Waals surface area (Å²) in [6.07, 6.45) is 1.60. The number of cyclic esters (lactones) is 1. The molecular weight excluding hydrogens is 192 g/mol. The summed E-state index contributed by atoms with van der Waals surface area (Å²) in [5.41, 5.74) is 1.15. The minimum Gasteiger partial charge on any atom is -0.497 e. The molecule has 3 heteroatoms. The van der Waals surface area contributed by atoms with Crippen molar-refractivity contribution in [2.75, 3.05) is 13.7 Å². The van der Waals surface area contributed by atoms with Gasteiger partial charge in [-0.25, -0.2) is 0 Å². The van der Waals surface area contributed by atoms with Crippen LogP contribution in [0.5, 0.6) is 5.75 Å². The Morgan fingerprint density at radius 1 is 1.40 bits per heavy atom. The van der Waals surface area contributed by atoms with Gasteiger partial charge in [-0.15, -0.1) is 0 Å². The molecule has 0 amide bonds. The van der Waals surface area contributed by atoms with Crippen LogP contribution < -0.4 is 4.74 Å². The molecule has 15 heavy (non-hydrogen) atoms. The second-order valence-corrected chi connectivity index (χ2v) is 3.71. The van der Waals surface area contributed by atoms with Gasteiger partial charge in [-0.05, 0) is 30.5 Å². The third-order valence-corrected chi connectivity index (χ3v) is 2.69. The Morgan fingerprint density at radius 2 is 2.13 bits per heavy atom. The van der Waals surface area contributed by atoms with Gasteiger partial charge in [0.1, 0.15) is 5.75 Å². The summed E-state index contributed by atoms with van der Waals surface area (Å²) in [6.45, 7) is 0.569. The third kappa shape index (κ3) is 2.29. The normalized spacial score (nSPS) is 20.1. The highest BCUT2D eigenvalue weighted by Crippen LogP contribution is 2.21. The summed E-state index contributed by atoms with van der Waals surface area (Å²) < 4.78 is 9.99. The van der Waals surface area contributed by atoms with E-state index in [1.54, 1.807) is 7.11 Å². The van der Waals surface area contributed by atoms with Crippen molar-refractivity contribution in [3.8, 4) is 5.75 Å². The monoisotopic (exact) mass is 206 g/mol. The Hall–Kier alpha value is -1.51. The molecule has 0 spiro atoms. The second kappa shape index (κ2) is 4.34. The smallest absolute Gasteiger partial charge is 0.309 e. The molecule has 0 radical (unpaired) electrons. The van der Waals surface area contributed by atoms with Crippen LogP contribution in [-0.4, -0.2) is 19.7 Å². The van der Waals surface area contributed by atoms with Crippen molar-refractivity contribution < 1.29 is 14.3 Å². The number of rotatable bonds is 3. The molecule has 1 aromatic carbocycles. The van der Waals surface area contributed by atoms with E-state index in [0.717, 1.165) is 24.2 Å². The molecule has 0 aliphatic carbocycles. The number of ether oxygens (including phenoxy) is 2. The van der Waals surface area contributed by atoms with Crippen molar-refractivity contribution in [2.45, 2.75) is 12.8 Å². The zero-order chi connectivity index (χ0) is 10.7. The van der Waals surface area contributed by atoms with Crippen LogP contribution in [-0.2, 0) is 16.0 Å². The van der Waals surface area contributed by atoms with Crippen molar-refractivity contribution in [1.29, 1.82) is 0 Å². The van der Waals surface area contributed by atoms with E-state index in [0.29, 0.717) is 6.61 Å². The molecule has 2 rings (SSSR count). The van der Waals surface area contributed by atoms with Crippen molar-refractivity contribution in [1.82, 2.24) is 0 Å². The van der Waals surface area contributed by atoms with Gasteiger partial charge in [0.25, 0.3) is 0 Å². The largest absolute Gasteiger partial charge is 0.497 e. The maximum Gasteiger partial charge on any atom is 0.309 e. The third-order valence-electron chi connectivity index (χ3n) is 2.69. The molecule has 1 fully saturated rings. The van der Waals surface area contributed by atoms with Crippen LogP contribution in [0.2, 0.25) is 0 Å². The number of hydrogen-bond donors (Lipinski definition) is 0. The molecule has 3 nitrogen and oxygen atoms in total. The first-order valence-electron chi connectivity index (χ1n) is 5.09. The molecule has 1 atom stereocenters. The fourth-order valence-electron chi connectivity index (χ4n) is 1.77. The topological polar surface area (TPSA) is 35.5 Å². The van der Waals surface area contributed by atoms with E-state index < -0.39 is 0 Å². The molecule has 0 N–H and O–H groups in total. The number of carbonyl (C=O) groups excluding carboxylic acids is 1. The SMILES string of the molecule is COc1ccc(C[C@@H]2CCOC2=O)cc1. The summed E-state index contributed by atoms with van der Waals surface area (Å²) in [6, 6.07) is 7.81.